The van der Waals surface area contributed by atoms with Crippen LogP contribution in [-0.2, 0) is 5.88 Å². The Kier molecular flexibility index (Phi) is 2.87. The van der Waals surface area contributed by atoms with Gasteiger partial charge in [0.25, 0.3) is 0 Å². The minimum absolute atomic E-state index is 0.00606. The number of alkyl halides is 1. The third-order valence-corrected chi connectivity index (χ3v) is 2.19. The van der Waals surface area contributed by atoms with Crippen LogP contribution in [0.15, 0.2) is 22.8 Å². The zero-order valence-corrected chi connectivity index (χ0v) is 8.56. The van der Waals surface area contributed by atoms with Crippen LogP contribution in [0.5, 0.6) is 0 Å². The van der Waals surface area contributed by atoms with Gasteiger partial charge in [0.15, 0.2) is 17.5 Å². The minimum atomic E-state index is -1.52. The van der Waals surface area contributed by atoms with E-state index in [-0.39, 0.29) is 17.3 Å². The third-order valence-electron chi connectivity index (χ3n) is 1.92. The van der Waals surface area contributed by atoms with Gasteiger partial charge in [0.2, 0.25) is 5.89 Å². The highest BCUT2D eigenvalue weighted by atomic mass is 35.5. The average Bonchev–Trinajstić information content (AvgIpc) is 2.73. The van der Waals surface area contributed by atoms with E-state index in [4.69, 9.17) is 16.0 Å². The van der Waals surface area contributed by atoms with Crippen LogP contribution in [-0.4, -0.2) is 4.98 Å². The molecule has 84 valence electrons. The van der Waals surface area contributed by atoms with E-state index in [1.54, 1.807) is 0 Å². The van der Waals surface area contributed by atoms with Crippen molar-refractivity contribution >= 4 is 11.6 Å². The molecule has 2 rings (SSSR count). The second-order valence-corrected chi connectivity index (χ2v) is 3.30. The summed E-state index contributed by atoms with van der Waals surface area (Å²) in [5.74, 6) is -3.99. The molecule has 0 fully saturated rings. The summed E-state index contributed by atoms with van der Waals surface area (Å²) >= 11 is 5.48. The van der Waals surface area contributed by atoms with Crippen molar-refractivity contribution in [2.24, 2.45) is 0 Å². The lowest BCUT2D eigenvalue weighted by Gasteiger charge is -1.98. The molecule has 6 heteroatoms. The molecule has 1 aromatic heterocycles. The van der Waals surface area contributed by atoms with E-state index in [0.29, 0.717) is 5.69 Å². The minimum Gasteiger partial charge on any atom is -0.444 e. The second kappa shape index (κ2) is 4.17. The Hall–Kier alpha value is -1.49. The van der Waals surface area contributed by atoms with E-state index >= 15 is 0 Å². The van der Waals surface area contributed by atoms with Crippen LogP contribution >= 0.6 is 11.6 Å². The Balaban J connectivity index is 2.48. The molecule has 0 spiro atoms. The van der Waals surface area contributed by atoms with Gasteiger partial charge in [-0.2, -0.15) is 0 Å². The Morgan fingerprint density at radius 1 is 1.19 bits per heavy atom. The number of rotatable bonds is 2. The molecule has 0 aliphatic rings. The molecule has 2 nitrogen and oxygen atoms in total. The predicted octanol–water partition coefficient (Wildman–Crippen LogP) is 3.50. The maximum absolute atomic E-state index is 12.9. The first kappa shape index (κ1) is 11.0. The van der Waals surface area contributed by atoms with Crippen LogP contribution < -0.4 is 0 Å². The van der Waals surface area contributed by atoms with Gasteiger partial charge in [0.1, 0.15) is 6.26 Å². The van der Waals surface area contributed by atoms with Gasteiger partial charge in [-0.05, 0) is 12.1 Å². The molecule has 0 bridgehead atoms. The summed E-state index contributed by atoms with van der Waals surface area (Å²) in [7, 11) is 0. The number of benzene rings is 1. The van der Waals surface area contributed by atoms with Gasteiger partial charge in [-0.15, -0.1) is 11.6 Å². The summed E-state index contributed by atoms with van der Waals surface area (Å²) in [6, 6.07) is 1.62. The predicted molar refractivity (Wildman–Crippen MR) is 51.4 cm³/mol. The van der Waals surface area contributed by atoms with Gasteiger partial charge in [-0.25, -0.2) is 18.2 Å². The third kappa shape index (κ3) is 1.90. The molecular formula is C10H5ClF3NO. The molecule has 0 radical (unpaired) electrons. The summed E-state index contributed by atoms with van der Waals surface area (Å²) in [5, 5.41) is 0. The summed E-state index contributed by atoms with van der Waals surface area (Å²) in [4.78, 5) is 3.86. The Morgan fingerprint density at radius 2 is 1.81 bits per heavy atom. The topological polar surface area (TPSA) is 26.0 Å². The summed E-state index contributed by atoms with van der Waals surface area (Å²) in [6.45, 7) is 0. The first-order chi connectivity index (χ1) is 7.61. The molecule has 2 aromatic rings. The monoisotopic (exact) mass is 247 g/mol. The van der Waals surface area contributed by atoms with Gasteiger partial charge < -0.3 is 4.42 Å². The average molecular weight is 248 g/mol. The van der Waals surface area contributed by atoms with Crippen molar-refractivity contribution in [1.82, 2.24) is 4.98 Å². The molecule has 0 aliphatic heterocycles. The van der Waals surface area contributed by atoms with Crippen LogP contribution in [0.3, 0.4) is 0 Å². The van der Waals surface area contributed by atoms with Crippen molar-refractivity contribution < 1.29 is 17.6 Å². The van der Waals surface area contributed by atoms with Gasteiger partial charge in [0, 0.05) is 5.56 Å². The Morgan fingerprint density at radius 3 is 2.31 bits per heavy atom. The fraction of sp³-hybridized carbons (Fsp3) is 0.100. The molecule has 0 N–H and O–H groups in total. The molecule has 1 heterocycles. The van der Waals surface area contributed by atoms with Crippen LogP contribution in [0.2, 0.25) is 0 Å². The lowest BCUT2D eigenvalue weighted by Crippen LogP contribution is -1.92. The fourth-order valence-corrected chi connectivity index (χ4v) is 1.30. The number of hydrogen-bond donors (Lipinski definition) is 0. The lowest BCUT2D eigenvalue weighted by atomic mass is 10.2. The van der Waals surface area contributed by atoms with Gasteiger partial charge in [-0.3, -0.25) is 0 Å². The summed E-state index contributed by atoms with van der Waals surface area (Å²) < 4.78 is 43.4. The normalized spacial score (nSPS) is 10.8. The maximum Gasteiger partial charge on any atom is 0.226 e. The molecule has 0 unspecified atom stereocenters. The number of hydrogen-bond acceptors (Lipinski definition) is 2. The van der Waals surface area contributed by atoms with Crippen molar-refractivity contribution in [2.75, 3.05) is 0 Å². The van der Waals surface area contributed by atoms with Crippen molar-refractivity contribution in [3.8, 4) is 11.5 Å². The van der Waals surface area contributed by atoms with Gasteiger partial charge in [0.05, 0.1) is 11.6 Å². The molecule has 1 aromatic carbocycles. The largest absolute Gasteiger partial charge is 0.444 e. The van der Waals surface area contributed by atoms with Gasteiger partial charge in [-0.1, -0.05) is 0 Å². The number of aromatic nitrogens is 1. The van der Waals surface area contributed by atoms with Gasteiger partial charge >= 0.3 is 0 Å². The van der Waals surface area contributed by atoms with E-state index in [9.17, 15) is 13.2 Å². The maximum atomic E-state index is 12.9. The molecule has 0 saturated carbocycles. The van der Waals surface area contributed by atoms with Crippen LogP contribution in [0.1, 0.15) is 5.69 Å². The highest BCUT2D eigenvalue weighted by Crippen LogP contribution is 2.23. The fourth-order valence-electron chi connectivity index (χ4n) is 1.18. The quantitative estimate of drug-likeness (QED) is 0.600. The molecule has 0 aliphatic carbocycles. The Bertz CT molecular complexity index is 504. The van der Waals surface area contributed by atoms with E-state index < -0.39 is 17.5 Å². The number of nitrogens with zero attached hydrogens (tertiary/aromatic N) is 1. The summed E-state index contributed by atoms with van der Waals surface area (Å²) in [6.07, 6.45) is 1.27. The van der Waals surface area contributed by atoms with Crippen molar-refractivity contribution in [1.29, 1.82) is 0 Å². The van der Waals surface area contributed by atoms with Crippen LogP contribution in [0.4, 0.5) is 13.2 Å². The van der Waals surface area contributed by atoms with E-state index in [0.717, 1.165) is 12.1 Å². The first-order valence-corrected chi connectivity index (χ1v) is 4.80. The highest BCUT2D eigenvalue weighted by Gasteiger charge is 2.14. The molecule has 16 heavy (non-hydrogen) atoms. The standard InChI is InChI=1S/C10H5ClF3NO/c11-3-6-4-16-10(15-6)5-1-7(12)9(14)8(13)2-5/h1-2,4H,3H2. The lowest BCUT2D eigenvalue weighted by molar-refractivity contribution is 0.446. The van der Waals surface area contributed by atoms with Crippen molar-refractivity contribution in [2.45, 2.75) is 5.88 Å². The number of halogens is 4. The van der Waals surface area contributed by atoms with Crippen molar-refractivity contribution in [3.05, 3.63) is 41.5 Å². The van der Waals surface area contributed by atoms with Crippen LogP contribution in [0, 0.1) is 17.5 Å². The molecule has 0 saturated heterocycles. The van der Waals surface area contributed by atoms with Crippen LogP contribution in [0.25, 0.3) is 11.5 Å². The SMILES string of the molecule is Fc1cc(-c2nc(CCl)co2)cc(F)c1F. The smallest absolute Gasteiger partial charge is 0.226 e. The first-order valence-electron chi connectivity index (χ1n) is 4.27. The summed E-state index contributed by atoms with van der Waals surface area (Å²) in [5.41, 5.74) is 0.453. The zero-order chi connectivity index (χ0) is 11.7. The van der Waals surface area contributed by atoms with E-state index in [1.807, 2.05) is 0 Å². The Labute approximate surface area is 93.7 Å². The number of oxazole rings is 1. The van der Waals surface area contributed by atoms with Crippen molar-refractivity contribution in [3.63, 3.8) is 0 Å². The highest BCUT2D eigenvalue weighted by molar-refractivity contribution is 6.16. The molecular weight excluding hydrogens is 243 g/mol. The van der Waals surface area contributed by atoms with E-state index in [1.165, 1.54) is 6.26 Å². The second-order valence-electron chi connectivity index (χ2n) is 3.03. The van der Waals surface area contributed by atoms with E-state index in [2.05, 4.69) is 4.98 Å². The molecule has 0 atom stereocenters. The zero-order valence-electron chi connectivity index (χ0n) is 7.81. The molecule has 0 amide bonds.